The molecule has 4 aromatic heterocycles. The molecule has 15 aromatic rings. The van der Waals surface area contributed by atoms with Gasteiger partial charge in [-0.1, -0.05) is 176 Å². The van der Waals surface area contributed by atoms with Gasteiger partial charge in [0.2, 0.25) is 5.95 Å². The van der Waals surface area contributed by atoms with Gasteiger partial charge in [-0.2, -0.15) is 0 Å². The Labute approximate surface area is 408 Å². The Morgan fingerprint density at radius 3 is 1.48 bits per heavy atom. The van der Waals surface area contributed by atoms with Gasteiger partial charge in [0.15, 0.2) is 0 Å². The second-order valence-corrected chi connectivity index (χ2v) is 18.6. The standard InChI is InChI=1S/C66H41N5/c1-2-15-42(16-3-1)44-29-31-45(32-30-44)47-19-14-20-49(40-47)69-58-27-12-8-23-53(58)63-61(69)37-38-62-64(63)54-24-9-13-28-59(54)70(62)50-35-36-60-55(41-50)51-21-7-11-26-57(51)71(60)66-67-56-25-10-6-22-52(56)65(68-66)48-34-33-43-17-4-5-18-46(43)39-48/h1-41H. The van der Waals surface area contributed by atoms with Crippen molar-refractivity contribution in [1.29, 1.82) is 0 Å². The molecule has 4 heterocycles. The number of rotatable bonds is 6. The van der Waals surface area contributed by atoms with Crippen molar-refractivity contribution in [2.24, 2.45) is 0 Å². The maximum Gasteiger partial charge on any atom is 0.235 e. The number of aromatic nitrogens is 5. The van der Waals surface area contributed by atoms with Gasteiger partial charge in [-0.05, 0) is 106 Å². The molecule has 330 valence electrons. The predicted molar refractivity (Wildman–Crippen MR) is 296 cm³/mol. The molecule has 0 aliphatic heterocycles. The molecular weight excluding hydrogens is 863 g/mol. The van der Waals surface area contributed by atoms with E-state index >= 15 is 0 Å². The normalized spacial score (nSPS) is 11.9. The van der Waals surface area contributed by atoms with E-state index in [1.807, 2.05) is 0 Å². The van der Waals surface area contributed by atoms with Gasteiger partial charge in [-0.25, -0.2) is 9.97 Å². The Bertz CT molecular complexity index is 4630. The molecule has 5 nitrogen and oxygen atoms in total. The third-order valence-electron chi connectivity index (χ3n) is 14.6. The molecule has 15 rings (SSSR count). The van der Waals surface area contributed by atoms with Gasteiger partial charge in [0.25, 0.3) is 0 Å². The zero-order chi connectivity index (χ0) is 46.6. The summed E-state index contributed by atoms with van der Waals surface area (Å²) < 4.78 is 7.13. The first-order chi connectivity index (χ1) is 35.2. The van der Waals surface area contributed by atoms with Gasteiger partial charge in [-0.3, -0.25) is 4.57 Å². The quantitative estimate of drug-likeness (QED) is 0.167. The van der Waals surface area contributed by atoms with E-state index in [1.54, 1.807) is 0 Å². The Morgan fingerprint density at radius 1 is 0.254 bits per heavy atom. The second kappa shape index (κ2) is 15.5. The Kier molecular flexibility index (Phi) is 8.59. The van der Waals surface area contributed by atoms with Crippen LogP contribution in [0.15, 0.2) is 249 Å². The van der Waals surface area contributed by atoms with Crippen molar-refractivity contribution >= 4 is 87.1 Å². The van der Waals surface area contributed by atoms with Crippen LogP contribution in [0, 0.1) is 0 Å². The summed E-state index contributed by atoms with van der Waals surface area (Å²) in [6, 6.07) is 89.8. The highest BCUT2D eigenvalue weighted by Crippen LogP contribution is 2.44. The summed E-state index contributed by atoms with van der Waals surface area (Å²) in [5.74, 6) is 0.646. The molecule has 0 spiro atoms. The van der Waals surface area contributed by atoms with E-state index in [-0.39, 0.29) is 0 Å². The summed E-state index contributed by atoms with van der Waals surface area (Å²) in [5, 5.41) is 10.6. The molecule has 5 heteroatoms. The van der Waals surface area contributed by atoms with Crippen LogP contribution in [-0.2, 0) is 0 Å². The summed E-state index contributed by atoms with van der Waals surface area (Å²) in [7, 11) is 0. The number of para-hydroxylation sites is 4. The van der Waals surface area contributed by atoms with Crippen molar-refractivity contribution in [3.63, 3.8) is 0 Å². The first-order valence-corrected chi connectivity index (χ1v) is 24.2. The fourth-order valence-electron chi connectivity index (χ4n) is 11.4. The Balaban J connectivity index is 0.906. The van der Waals surface area contributed by atoms with E-state index < -0.39 is 0 Å². The number of nitrogens with zero attached hydrogens (tertiary/aromatic N) is 5. The van der Waals surface area contributed by atoms with Crippen LogP contribution in [0.3, 0.4) is 0 Å². The largest absolute Gasteiger partial charge is 0.309 e. The van der Waals surface area contributed by atoms with E-state index in [0.717, 1.165) is 66.4 Å². The molecule has 11 aromatic carbocycles. The third-order valence-corrected chi connectivity index (χ3v) is 14.6. The number of fused-ring (bicyclic) bond motifs is 12. The minimum Gasteiger partial charge on any atom is -0.309 e. The lowest BCUT2D eigenvalue weighted by Crippen LogP contribution is -2.03. The predicted octanol–water partition coefficient (Wildman–Crippen LogP) is 17.1. The van der Waals surface area contributed by atoms with Gasteiger partial charge in [0.1, 0.15) is 0 Å². The highest BCUT2D eigenvalue weighted by molar-refractivity contribution is 6.29. The van der Waals surface area contributed by atoms with E-state index in [0.29, 0.717) is 5.95 Å². The van der Waals surface area contributed by atoms with Gasteiger partial charge < -0.3 is 9.13 Å². The van der Waals surface area contributed by atoms with Gasteiger partial charge in [-0.15, -0.1) is 0 Å². The SMILES string of the molecule is c1ccc(-c2ccc(-c3cccc(-n4c5ccccc5c5c6c7ccccc7n(-c7ccc8c(c7)c7ccccc7n8-c7nc(-c8ccc9ccccc9c8)c8ccccc8n7)c6ccc54)c3)cc2)cc1. The van der Waals surface area contributed by atoms with Crippen LogP contribution in [0.4, 0.5) is 0 Å². The molecule has 0 unspecified atom stereocenters. The highest BCUT2D eigenvalue weighted by atomic mass is 15.2. The van der Waals surface area contributed by atoms with Crippen molar-refractivity contribution in [3.05, 3.63) is 249 Å². The number of benzene rings is 11. The smallest absolute Gasteiger partial charge is 0.235 e. The summed E-state index contributed by atoms with van der Waals surface area (Å²) in [6.45, 7) is 0. The minimum absolute atomic E-state index is 0.646. The molecule has 0 saturated heterocycles. The Hall–Kier alpha value is -9.58. The fraction of sp³-hybridized carbons (Fsp3) is 0. The van der Waals surface area contributed by atoms with Gasteiger partial charge in [0.05, 0.1) is 44.3 Å². The molecule has 0 saturated carbocycles. The summed E-state index contributed by atoms with van der Waals surface area (Å²) in [4.78, 5) is 10.7. The maximum atomic E-state index is 5.43. The number of hydrogen-bond donors (Lipinski definition) is 0. The first-order valence-electron chi connectivity index (χ1n) is 24.2. The minimum atomic E-state index is 0.646. The monoisotopic (exact) mass is 903 g/mol. The average Bonchev–Trinajstić information content (AvgIpc) is 4.08. The van der Waals surface area contributed by atoms with Gasteiger partial charge >= 0.3 is 0 Å². The zero-order valence-corrected chi connectivity index (χ0v) is 38.4. The van der Waals surface area contributed by atoms with Gasteiger partial charge in [0, 0.05) is 54.6 Å². The van der Waals surface area contributed by atoms with E-state index in [1.165, 1.54) is 65.6 Å². The maximum absolute atomic E-state index is 5.43. The van der Waals surface area contributed by atoms with E-state index in [2.05, 4.69) is 262 Å². The van der Waals surface area contributed by atoms with Crippen LogP contribution in [0.5, 0.6) is 0 Å². The van der Waals surface area contributed by atoms with E-state index in [4.69, 9.17) is 9.97 Å². The van der Waals surface area contributed by atoms with Crippen LogP contribution in [0.25, 0.3) is 138 Å². The molecule has 0 radical (unpaired) electrons. The summed E-state index contributed by atoms with van der Waals surface area (Å²) in [5.41, 5.74) is 16.7. The first kappa shape index (κ1) is 39.4. The van der Waals surface area contributed by atoms with Crippen molar-refractivity contribution in [2.75, 3.05) is 0 Å². The van der Waals surface area contributed by atoms with Crippen LogP contribution in [-0.4, -0.2) is 23.7 Å². The molecule has 0 bridgehead atoms. The van der Waals surface area contributed by atoms with Crippen molar-refractivity contribution in [1.82, 2.24) is 23.7 Å². The van der Waals surface area contributed by atoms with Crippen molar-refractivity contribution in [2.45, 2.75) is 0 Å². The van der Waals surface area contributed by atoms with Crippen molar-refractivity contribution < 1.29 is 0 Å². The summed E-state index contributed by atoms with van der Waals surface area (Å²) >= 11 is 0. The van der Waals surface area contributed by atoms with Crippen LogP contribution < -0.4 is 0 Å². The van der Waals surface area contributed by atoms with Crippen molar-refractivity contribution in [3.8, 4) is 50.8 Å². The lowest BCUT2D eigenvalue weighted by atomic mass is 10.00. The highest BCUT2D eigenvalue weighted by Gasteiger charge is 2.23. The molecule has 0 N–H and O–H groups in total. The zero-order valence-electron chi connectivity index (χ0n) is 38.4. The average molecular weight is 904 g/mol. The van der Waals surface area contributed by atoms with Crippen LogP contribution in [0.1, 0.15) is 0 Å². The number of hydrogen-bond acceptors (Lipinski definition) is 2. The molecular formula is C66H41N5. The topological polar surface area (TPSA) is 40.6 Å². The fourth-order valence-corrected chi connectivity index (χ4v) is 11.4. The molecule has 0 amide bonds. The Morgan fingerprint density at radius 2 is 0.761 bits per heavy atom. The van der Waals surface area contributed by atoms with E-state index in [9.17, 15) is 0 Å². The molecule has 0 fully saturated rings. The second-order valence-electron chi connectivity index (χ2n) is 18.6. The van der Waals surface area contributed by atoms with Crippen LogP contribution >= 0.6 is 0 Å². The lowest BCUT2D eigenvalue weighted by Gasteiger charge is -2.13. The molecule has 0 aliphatic carbocycles. The molecule has 71 heavy (non-hydrogen) atoms. The summed E-state index contributed by atoms with van der Waals surface area (Å²) in [6.07, 6.45) is 0. The third kappa shape index (κ3) is 6.06. The van der Waals surface area contributed by atoms with Crippen LogP contribution in [0.2, 0.25) is 0 Å². The molecule has 0 aliphatic rings. The molecule has 0 atom stereocenters. The lowest BCUT2D eigenvalue weighted by molar-refractivity contribution is 1.01.